The Morgan fingerprint density at radius 1 is 0.811 bits per heavy atom. The summed E-state index contributed by atoms with van der Waals surface area (Å²) in [6.07, 6.45) is 2.96. The lowest BCUT2D eigenvalue weighted by Gasteiger charge is -2.13. The van der Waals surface area contributed by atoms with Crippen LogP contribution in [0, 0.1) is 0 Å². The Morgan fingerprint density at radius 2 is 1.49 bits per heavy atom. The van der Waals surface area contributed by atoms with E-state index in [1.807, 2.05) is 10.8 Å². The standard InChI is InChI=1S/C4H8Br2O.2C4H6O2S2.C4H8OS2.C4H6OS2/c5-2-1-4(7)3-6;5-4-3-8-7-2-1-6-4;5-4-1-2-7-8-3-6-4;2*5-4-1-2-6-7-3-4/h4,7H,1-3H2;2*1-3H2;4-5H,1-3H2;1-3H2. The largest absolute Gasteiger partial charge is 0.464 e. The summed E-state index contributed by atoms with van der Waals surface area (Å²) in [5.41, 5.74) is 0. The molecule has 0 radical (unpaired) electrons. The highest BCUT2D eigenvalue weighted by molar-refractivity contribution is 9.09. The van der Waals surface area contributed by atoms with Gasteiger partial charge in [0.15, 0.2) is 0 Å². The smallest absolute Gasteiger partial charge is 0.316 e. The molecular weight excluding hydrogens is 769 g/mol. The molecule has 4 heterocycles. The fourth-order valence-corrected chi connectivity index (χ4v) is 10.2. The quantitative estimate of drug-likeness (QED) is 0.192. The highest BCUT2D eigenvalue weighted by Crippen LogP contribution is 2.29. The monoisotopic (exact) mass is 800 g/mol. The van der Waals surface area contributed by atoms with E-state index < -0.39 is 0 Å². The fourth-order valence-electron chi connectivity index (χ4n) is 1.81. The van der Waals surface area contributed by atoms with Crippen LogP contribution in [0.4, 0.5) is 0 Å². The van der Waals surface area contributed by atoms with Crippen molar-refractivity contribution in [3.8, 4) is 0 Å². The number of carbonyl (C=O) groups excluding carboxylic acids is 3. The summed E-state index contributed by atoms with van der Waals surface area (Å²) in [6.45, 7) is 0.580. The van der Waals surface area contributed by atoms with E-state index in [1.165, 1.54) is 0 Å². The zero-order valence-electron chi connectivity index (χ0n) is 20.2. The zero-order chi connectivity index (χ0) is 27.6. The van der Waals surface area contributed by atoms with E-state index in [-0.39, 0.29) is 24.1 Å². The predicted molar refractivity (Wildman–Crippen MR) is 180 cm³/mol. The first-order valence-corrected chi connectivity index (χ1v) is 23.4. The lowest BCUT2D eigenvalue weighted by Crippen LogP contribution is -2.13. The fraction of sp³-hybridized carbons (Fsp3) is 0.850. The van der Waals surface area contributed by atoms with Crippen LogP contribution in [-0.4, -0.2) is 104 Å². The molecule has 0 aromatic heterocycles. The van der Waals surface area contributed by atoms with Crippen LogP contribution in [0.3, 0.4) is 0 Å². The number of esters is 2. The number of Topliss-reactive ketones (excluding diaryl/α,β-unsaturated/α-hetero) is 1. The van der Waals surface area contributed by atoms with Gasteiger partial charge in [-0.05, 0) is 12.8 Å². The molecule has 0 amide bonds. The molecule has 2 unspecified atom stereocenters. The van der Waals surface area contributed by atoms with Gasteiger partial charge in [0, 0.05) is 45.8 Å². The molecule has 0 saturated carbocycles. The molecule has 0 aromatic rings. The molecule has 0 aromatic carbocycles. The van der Waals surface area contributed by atoms with E-state index in [2.05, 4.69) is 31.9 Å². The molecule has 218 valence electrons. The molecule has 0 aliphatic carbocycles. The highest BCUT2D eigenvalue weighted by atomic mass is 79.9. The van der Waals surface area contributed by atoms with Gasteiger partial charge in [-0.1, -0.05) is 118 Å². The highest BCUT2D eigenvalue weighted by Gasteiger charge is 2.09. The molecule has 2 N–H and O–H groups in total. The molecule has 7 nitrogen and oxygen atoms in total. The number of aliphatic hydroxyl groups excluding tert-OH is 2. The minimum Gasteiger partial charge on any atom is -0.464 e. The maximum atomic E-state index is 10.4. The molecule has 0 spiro atoms. The van der Waals surface area contributed by atoms with E-state index >= 15 is 0 Å². The van der Waals surface area contributed by atoms with Crippen LogP contribution in [0.15, 0.2) is 0 Å². The third kappa shape index (κ3) is 29.6. The first-order chi connectivity index (χ1) is 17.9. The number of carbonyl (C=O) groups is 3. The van der Waals surface area contributed by atoms with Crippen LogP contribution < -0.4 is 0 Å². The van der Waals surface area contributed by atoms with Crippen molar-refractivity contribution in [3.05, 3.63) is 0 Å². The average Bonchev–Trinajstić information content (AvgIpc) is 3.30. The number of rotatable bonds is 3. The average molecular weight is 803 g/mol. The van der Waals surface area contributed by atoms with Gasteiger partial charge in [0.1, 0.15) is 24.1 Å². The van der Waals surface area contributed by atoms with Crippen molar-refractivity contribution in [3.63, 3.8) is 0 Å². The van der Waals surface area contributed by atoms with Crippen LogP contribution >= 0.6 is 118 Å². The maximum Gasteiger partial charge on any atom is 0.316 e. The molecule has 17 heteroatoms. The summed E-state index contributed by atoms with van der Waals surface area (Å²) in [6, 6.07) is 0. The first kappa shape index (κ1) is 39.3. The predicted octanol–water partition coefficient (Wildman–Crippen LogP) is 6.20. The summed E-state index contributed by atoms with van der Waals surface area (Å²) < 4.78 is 9.43. The lowest BCUT2D eigenvalue weighted by molar-refractivity contribution is -0.141. The van der Waals surface area contributed by atoms with E-state index in [0.717, 1.165) is 59.1 Å². The Balaban J connectivity index is 0.000000439. The summed E-state index contributed by atoms with van der Waals surface area (Å²) in [5.74, 6) is 6.88. The van der Waals surface area contributed by atoms with Crippen LogP contribution in [0.2, 0.25) is 0 Å². The van der Waals surface area contributed by atoms with Crippen LogP contribution in [0.25, 0.3) is 0 Å². The lowest BCUT2D eigenvalue weighted by atomic mass is 10.3. The Hall–Kier alpha value is 2.29. The molecular formula is C20H34Br2O7S8. The van der Waals surface area contributed by atoms with E-state index in [0.29, 0.717) is 35.8 Å². The first-order valence-electron chi connectivity index (χ1n) is 11.2. The van der Waals surface area contributed by atoms with Crippen molar-refractivity contribution in [2.75, 3.05) is 63.5 Å². The molecule has 4 aliphatic rings. The number of aliphatic hydroxyl groups is 2. The third-order valence-corrected chi connectivity index (χ3v) is 14.0. The molecule has 4 saturated heterocycles. The second-order valence-electron chi connectivity index (χ2n) is 6.84. The van der Waals surface area contributed by atoms with E-state index in [9.17, 15) is 14.4 Å². The number of ketones is 1. The van der Waals surface area contributed by atoms with Gasteiger partial charge in [0.2, 0.25) is 0 Å². The van der Waals surface area contributed by atoms with Gasteiger partial charge in [-0.25, -0.2) is 0 Å². The number of cyclic esters (lactones) is 2. The van der Waals surface area contributed by atoms with Gasteiger partial charge in [-0.3, -0.25) is 14.4 Å². The van der Waals surface area contributed by atoms with Crippen LogP contribution in [-0.2, 0) is 23.9 Å². The van der Waals surface area contributed by atoms with Gasteiger partial charge in [0.25, 0.3) is 0 Å². The van der Waals surface area contributed by atoms with Gasteiger partial charge in [0.05, 0.1) is 24.4 Å². The number of halogens is 2. The molecule has 4 aliphatic heterocycles. The second-order valence-corrected chi connectivity index (χ2v) is 18.6. The third-order valence-electron chi connectivity index (χ3n) is 3.70. The second kappa shape index (κ2) is 29.8. The Morgan fingerprint density at radius 3 is 2.00 bits per heavy atom. The molecule has 2 atom stereocenters. The molecule has 4 fully saturated rings. The normalized spacial score (nSPS) is 22.6. The van der Waals surface area contributed by atoms with Crippen molar-refractivity contribution in [2.45, 2.75) is 37.9 Å². The van der Waals surface area contributed by atoms with Crippen LogP contribution in [0.5, 0.6) is 0 Å². The summed E-state index contributed by atoms with van der Waals surface area (Å²) in [5, 5.41) is 19.2. The van der Waals surface area contributed by atoms with Crippen molar-refractivity contribution < 1.29 is 34.1 Å². The van der Waals surface area contributed by atoms with Crippen molar-refractivity contribution in [1.82, 2.24) is 0 Å². The zero-order valence-corrected chi connectivity index (χ0v) is 29.9. The summed E-state index contributed by atoms with van der Waals surface area (Å²) >= 11 is 6.35. The maximum absolute atomic E-state index is 10.4. The van der Waals surface area contributed by atoms with E-state index in [1.54, 1.807) is 75.6 Å². The minimum atomic E-state index is -0.181. The SMILES string of the molecule is O=C1CCSSC1.O=C1CCSSCO1.O=C1CSSCCO1.OC(CBr)CCBr.OC1CCSSC1. The van der Waals surface area contributed by atoms with Crippen molar-refractivity contribution in [1.29, 1.82) is 0 Å². The van der Waals surface area contributed by atoms with Crippen molar-refractivity contribution in [2.24, 2.45) is 0 Å². The molecule has 0 bridgehead atoms. The molecule has 4 rings (SSSR count). The van der Waals surface area contributed by atoms with Crippen molar-refractivity contribution >= 4 is 136 Å². The van der Waals surface area contributed by atoms with Gasteiger partial charge in [-0.15, -0.1) is 0 Å². The Kier molecular flexibility index (Phi) is 31.6. The Labute approximate surface area is 268 Å². The summed E-state index contributed by atoms with van der Waals surface area (Å²) in [7, 11) is 13.6. The number of ether oxygens (including phenoxy) is 2. The summed E-state index contributed by atoms with van der Waals surface area (Å²) in [4.78, 5) is 31.3. The van der Waals surface area contributed by atoms with Gasteiger partial charge < -0.3 is 19.7 Å². The number of hydrogen-bond acceptors (Lipinski definition) is 15. The topological polar surface area (TPSA) is 110 Å². The number of hydrogen-bond donors (Lipinski definition) is 2. The van der Waals surface area contributed by atoms with Crippen LogP contribution in [0.1, 0.15) is 25.7 Å². The van der Waals surface area contributed by atoms with Gasteiger partial charge in [-0.2, -0.15) is 0 Å². The van der Waals surface area contributed by atoms with E-state index in [4.69, 9.17) is 19.7 Å². The number of alkyl halides is 2. The minimum absolute atomic E-state index is 0.0220. The Bertz CT molecular complexity index is 538. The molecule has 37 heavy (non-hydrogen) atoms. The van der Waals surface area contributed by atoms with Gasteiger partial charge >= 0.3 is 11.9 Å².